The first-order chi connectivity index (χ1) is 15.8. The summed E-state index contributed by atoms with van der Waals surface area (Å²) < 4.78 is 0. The summed E-state index contributed by atoms with van der Waals surface area (Å²) in [5.41, 5.74) is 2.69. The Kier molecular flexibility index (Phi) is 7.55. The van der Waals surface area contributed by atoms with Crippen molar-refractivity contribution < 1.29 is 9.59 Å². The van der Waals surface area contributed by atoms with Crippen molar-refractivity contribution in [3.05, 3.63) is 57.8 Å². The van der Waals surface area contributed by atoms with Crippen LogP contribution in [0.3, 0.4) is 0 Å². The van der Waals surface area contributed by atoms with E-state index in [4.69, 9.17) is 0 Å². The Morgan fingerprint density at radius 1 is 0.939 bits per heavy atom. The van der Waals surface area contributed by atoms with Crippen molar-refractivity contribution in [1.29, 1.82) is 0 Å². The minimum atomic E-state index is -0.00898. The topological polar surface area (TPSA) is 43.9 Å². The molecule has 1 fully saturated rings. The van der Waals surface area contributed by atoms with Gasteiger partial charge in [0.2, 0.25) is 11.8 Å². The van der Waals surface area contributed by atoms with Gasteiger partial charge in [0.1, 0.15) is 0 Å². The molecule has 2 aliphatic heterocycles. The highest BCUT2D eigenvalue weighted by atomic mass is 32.1. The van der Waals surface area contributed by atoms with Crippen molar-refractivity contribution >= 4 is 23.2 Å². The molecule has 0 bridgehead atoms. The predicted octanol–water partition coefficient (Wildman–Crippen LogP) is 4.58. The van der Waals surface area contributed by atoms with Crippen LogP contribution in [0.5, 0.6) is 0 Å². The van der Waals surface area contributed by atoms with Crippen molar-refractivity contribution in [3.63, 3.8) is 0 Å². The van der Waals surface area contributed by atoms with Crippen molar-refractivity contribution in [2.24, 2.45) is 5.41 Å². The van der Waals surface area contributed by atoms with Gasteiger partial charge in [-0.3, -0.25) is 14.5 Å². The molecule has 0 saturated carbocycles. The number of amides is 2. The van der Waals surface area contributed by atoms with Gasteiger partial charge in [0.25, 0.3) is 0 Å². The Morgan fingerprint density at radius 2 is 1.64 bits per heavy atom. The van der Waals surface area contributed by atoms with Gasteiger partial charge in [-0.05, 0) is 40.8 Å². The molecule has 2 aliphatic rings. The van der Waals surface area contributed by atoms with Crippen LogP contribution in [-0.2, 0) is 16.0 Å². The molecular weight excluding hydrogens is 430 g/mol. The number of nitrogens with zero attached hydrogens (tertiary/aromatic N) is 3. The number of carbonyl (C=O) groups excluding carboxylic acids is 2. The monoisotopic (exact) mass is 467 g/mol. The highest BCUT2D eigenvalue weighted by molar-refractivity contribution is 7.10. The van der Waals surface area contributed by atoms with E-state index in [-0.39, 0.29) is 23.3 Å². The fraction of sp³-hybridized carbons (Fsp3) is 0.556. The summed E-state index contributed by atoms with van der Waals surface area (Å²) >= 11 is 1.85. The lowest BCUT2D eigenvalue weighted by atomic mass is 9.91. The summed E-state index contributed by atoms with van der Waals surface area (Å²) in [6.07, 6.45) is 3.00. The molecule has 178 valence electrons. The zero-order valence-corrected chi connectivity index (χ0v) is 21.1. The third-order valence-electron chi connectivity index (χ3n) is 6.68. The largest absolute Gasteiger partial charge is 0.341 e. The second-order valence-electron chi connectivity index (χ2n) is 10.5. The lowest BCUT2D eigenvalue weighted by molar-refractivity contribution is -0.134. The predicted molar refractivity (Wildman–Crippen MR) is 134 cm³/mol. The molecule has 2 amide bonds. The molecule has 0 spiro atoms. The highest BCUT2D eigenvalue weighted by Crippen LogP contribution is 2.37. The fourth-order valence-corrected chi connectivity index (χ4v) is 5.92. The SMILES string of the molecule is CC(C)(C)CC(=O)N1CCCN(C(=O)CCN2CCc3sccc3[C@H]2c2ccccc2)CC1. The van der Waals surface area contributed by atoms with Crippen LogP contribution in [0.1, 0.15) is 62.1 Å². The van der Waals surface area contributed by atoms with E-state index in [9.17, 15) is 9.59 Å². The van der Waals surface area contributed by atoms with Gasteiger partial charge in [-0.15, -0.1) is 11.3 Å². The molecule has 0 unspecified atom stereocenters. The second kappa shape index (κ2) is 10.4. The third-order valence-corrected chi connectivity index (χ3v) is 7.67. The summed E-state index contributed by atoms with van der Waals surface area (Å²) in [4.78, 5) is 33.6. The van der Waals surface area contributed by atoms with Crippen molar-refractivity contribution in [3.8, 4) is 0 Å². The van der Waals surface area contributed by atoms with Gasteiger partial charge in [-0.25, -0.2) is 0 Å². The lowest BCUT2D eigenvalue weighted by Crippen LogP contribution is -2.41. The Labute approximate surface area is 202 Å². The van der Waals surface area contributed by atoms with E-state index in [1.54, 1.807) is 0 Å². The third kappa shape index (κ3) is 6.04. The number of hydrogen-bond acceptors (Lipinski definition) is 4. The second-order valence-corrected chi connectivity index (χ2v) is 11.5. The summed E-state index contributed by atoms with van der Waals surface area (Å²) in [6.45, 7) is 10.8. The van der Waals surface area contributed by atoms with Gasteiger partial charge in [-0.2, -0.15) is 0 Å². The van der Waals surface area contributed by atoms with Gasteiger partial charge < -0.3 is 9.80 Å². The molecule has 1 aromatic heterocycles. The molecule has 0 radical (unpaired) electrons. The summed E-state index contributed by atoms with van der Waals surface area (Å²) in [5.74, 6) is 0.422. The average Bonchev–Trinajstić information content (AvgIpc) is 3.11. The van der Waals surface area contributed by atoms with Gasteiger partial charge in [-0.1, -0.05) is 51.1 Å². The molecule has 33 heavy (non-hydrogen) atoms. The highest BCUT2D eigenvalue weighted by Gasteiger charge is 2.30. The van der Waals surface area contributed by atoms with E-state index >= 15 is 0 Å². The minimum Gasteiger partial charge on any atom is -0.341 e. The molecule has 1 aromatic carbocycles. The summed E-state index contributed by atoms with van der Waals surface area (Å²) in [7, 11) is 0. The van der Waals surface area contributed by atoms with Gasteiger partial charge in [0.05, 0.1) is 6.04 Å². The van der Waals surface area contributed by atoms with E-state index in [0.717, 1.165) is 39.0 Å². The number of hydrogen-bond donors (Lipinski definition) is 0. The van der Waals surface area contributed by atoms with Crippen LogP contribution in [0, 0.1) is 5.41 Å². The maximum Gasteiger partial charge on any atom is 0.223 e. The maximum atomic E-state index is 13.1. The number of benzene rings is 1. The van der Waals surface area contributed by atoms with E-state index < -0.39 is 0 Å². The van der Waals surface area contributed by atoms with Crippen LogP contribution in [0.2, 0.25) is 0 Å². The van der Waals surface area contributed by atoms with Crippen molar-refractivity contribution in [1.82, 2.24) is 14.7 Å². The molecule has 0 aliphatic carbocycles. The Balaban J connectivity index is 1.36. The van der Waals surface area contributed by atoms with Gasteiger partial charge in [0, 0.05) is 57.0 Å². The standard InChI is InChI=1S/C27H37N3O2S/c1-27(2,3)20-25(32)29-14-7-13-28(17-18-29)24(31)11-16-30-15-10-23-22(12-19-33-23)26(30)21-8-5-4-6-9-21/h4-6,8-9,12,19,26H,7,10-11,13-18,20H2,1-3H3/t26-/m1/s1. The minimum absolute atomic E-state index is 0.00898. The van der Waals surface area contributed by atoms with Gasteiger partial charge >= 0.3 is 0 Å². The lowest BCUT2D eigenvalue weighted by Gasteiger charge is -2.36. The maximum absolute atomic E-state index is 13.1. The molecule has 6 heteroatoms. The first-order valence-electron chi connectivity index (χ1n) is 12.2. The van der Waals surface area contributed by atoms with Crippen molar-refractivity contribution in [2.45, 2.75) is 52.5 Å². The summed E-state index contributed by atoms with van der Waals surface area (Å²) in [6, 6.07) is 13.1. The molecule has 2 aromatic rings. The Morgan fingerprint density at radius 3 is 2.33 bits per heavy atom. The van der Waals surface area contributed by atoms with Crippen LogP contribution < -0.4 is 0 Å². The molecule has 0 N–H and O–H groups in total. The number of fused-ring (bicyclic) bond motifs is 1. The number of carbonyl (C=O) groups is 2. The van der Waals surface area contributed by atoms with Gasteiger partial charge in [0.15, 0.2) is 0 Å². The zero-order chi connectivity index (χ0) is 23.4. The molecular formula is C27H37N3O2S. The fourth-order valence-electron chi connectivity index (χ4n) is 5.01. The van der Waals surface area contributed by atoms with Crippen LogP contribution >= 0.6 is 11.3 Å². The summed E-state index contributed by atoms with van der Waals surface area (Å²) in [5, 5.41) is 2.19. The first-order valence-corrected chi connectivity index (χ1v) is 13.1. The van der Waals surface area contributed by atoms with E-state index in [2.05, 4.69) is 67.4 Å². The molecule has 3 heterocycles. The molecule has 5 nitrogen and oxygen atoms in total. The zero-order valence-electron chi connectivity index (χ0n) is 20.3. The normalized spacial score (nSPS) is 19.8. The smallest absolute Gasteiger partial charge is 0.223 e. The van der Waals surface area contributed by atoms with Crippen LogP contribution in [0.4, 0.5) is 0 Å². The van der Waals surface area contributed by atoms with E-state index in [1.165, 1.54) is 16.0 Å². The van der Waals surface area contributed by atoms with E-state index in [0.29, 0.717) is 25.9 Å². The Bertz CT molecular complexity index is 950. The van der Waals surface area contributed by atoms with Crippen LogP contribution in [-0.4, -0.2) is 65.8 Å². The van der Waals surface area contributed by atoms with E-state index in [1.807, 2.05) is 21.1 Å². The van der Waals surface area contributed by atoms with Crippen LogP contribution in [0.15, 0.2) is 41.8 Å². The van der Waals surface area contributed by atoms with Crippen molar-refractivity contribution in [2.75, 3.05) is 39.3 Å². The average molecular weight is 468 g/mol. The molecule has 4 rings (SSSR count). The first kappa shape index (κ1) is 24.0. The Hall–Kier alpha value is -2.18. The quantitative estimate of drug-likeness (QED) is 0.646. The number of thiophene rings is 1. The van der Waals surface area contributed by atoms with Crippen LogP contribution in [0.25, 0.3) is 0 Å². The molecule has 1 atom stereocenters. The molecule has 1 saturated heterocycles. The number of rotatable bonds is 5.